The molecule has 158 valence electrons. The highest BCUT2D eigenvalue weighted by Gasteiger charge is 2.10. The van der Waals surface area contributed by atoms with Crippen molar-refractivity contribution in [2.24, 2.45) is 0 Å². The number of thiocarbonyl (C=S) groups is 1. The fourth-order valence-electron chi connectivity index (χ4n) is 1.98. The van der Waals surface area contributed by atoms with Gasteiger partial charge in [0.25, 0.3) is 0 Å². The van der Waals surface area contributed by atoms with Crippen LogP contribution in [0.3, 0.4) is 0 Å². The standard InChI is InChI=1S/C18H24N4O6S/c1-3-28-13-6-4-12(5-7-13)19-14(23)8-9-16(25)21-22-18(29)20-15(24)10-11-17(26)27-2/h4-7H,3,8-11H2,1-2H3,(H,19,23)(H,21,25)(H2,20,22,24,29). The van der Waals surface area contributed by atoms with Crippen LogP contribution in [0.15, 0.2) is 24.3 Å². The lowest BCUT2D eigenvalue weighted by Crippen LogP contribution is -2.48. The Bertz CT molecular complexity index is 738. The maximum Gasteiger partial charge on any atom is 0.306 e. The summed E-state index contributed by atoms with van der Waals surface area (Å²) in [5.41, 5.74) is 5.21. The highest BCUT2D eigenvalue weighted by molar-refractivity contribution is 7.80. The van der Waals surface area contributed by atoms with E-state index in [0.717, 1.165) is 0 Å². The largest absolute Gasteiger partial charge is 0.494 e. The molecule has 0 aliphatic carbocycles. The second-order valence-electron chi connectivity index (χ2n) is 5.63. The van der Waals surface area contributed by atoms with Gasteiger partial charge in [-0.25, -0.2) is 0 Å². The number of methoxy groups -OCH3 is 1. The quantitative estimate of drug-likeness (QED) is 0.259. The number of ether oxygens (including phenoxy) is 2. The predicted molar refractivity (Wildman–Crippen MR) is 109 cm³/mol. The number of hydrogen-bond donors (Lipinski definition) is 4. The summed E-state index contributed by atoms with van der Waals surface area (Å²) in [6.07, 6.45) is -0.317. The topological polar surface area (TPSA) is 135 Å². The van der Waals surface area contributed by atoms with Crippen LogP contribution in [0.25, 0.3) is 0 Å². The summed E-state index contributed by atoms with van der Waals surface area (Å²) >= 11 is 4.85. The lowest BCUT2D eigenvalue weighted by Gasteiger charge is -2.11. The van der Waals surface area contributed by atoms with Crippen molar-refractivity contribution in [2.45, 2.75) is 32.6 Å². The monoisotopic (exact) mass is 424 g/mol. The molecule has 0 saturated heterocycles. The van der Waals surface area contributed by atoms with Crippen LogP contribution >= 0.6 is 12.2 Å². The molecular formula is C18H24N4O6S. The Morgan fingerprint density at radius 3 is 2.14 bits per heavy atom. The maximum atomic E-state index is 11.9. The summed E-state index contributed by atoms with van der Waals surface area (Å²) in [4.78, 5) is 46.2. The predicted octanol–water partition coefficient (Wildman–Crippen LogP) is 0.779. The maximum absolute atomic E-state index is 11.9. The average molecular weight is 424 g/mol. The van der Waals surface area contributed by atoms with E-state index in [2.05, 4.69) is 26.2 Å². The number of esters is 1. The first kappa shape index (κ1) is 23.8. The van der Waals surface area contributed by atoms with Crippen molar-refractivity contribution in [2.75, 3.05) is 19.0 Å². The molecule has 1 aromatic rings. The fraction of sp³-hybridized carbons (Fsp3) is 0.389. The van der Waals surface area contributed by atoms with Crippen LogP contribution in [0.4, 0.5) is 5.69 Å². The minimum absolute atomic E-state index is 0.0427. The van der Waals surface area contributed by atoms with E-state index in [9.17, 15) is 19.2 Å². The van der Waals surface area contributed by atoms with Gasteiger partial charge in [-0.15, -0.1) is 0 Å². The molecule has 0 unspecified atom stereocenters. The van der Waals surface area contributed by atoms with E-state index in [1.165, 1.54) is 7.11 Å². The van der Waals surface area contributed by atoms with Gasteiger partial charge >= 0.3 is 5.97 Å². The van der Waals surface area contributed by atoms with Crippen LogP contribution in [-0.4, -0.2) is 42.5 Å². The SMILES string of the molecule is CCOc1ccc(NC(=O)CCC(=O)NNC(=S)NC(=O)CCC(=O)OC)cc1. The molecular weight excluding hydrogens is 400 g/mol. The molecule has 0 fully saturated rings. The van der Waals surface area contributed by atoms with Crippen LogP contribution in [0, 0.1) is 0 Å². The van der Waals surface area contributed by atoms with Gasteiger partial charge in [0.2, 0.25) is 17.7 Å². The van der Waals surface area contributed by atoms with Gasteiger partial charge in [-0.05, 0) is 43.4 Å². The van der Waals surface area contributed by atoms with Crippen molar-refractivity contribution in [3.8, 4) is 5.75 Å². The van der Waals surface area contributed by atoms with Crippen molar-refractivity contribution in [3.63, 3.8) is 0 Å². The minimum atomic E-state index is -0.518. The highest BCUT2D eigenvalue weighted by Crippen LogP contribution is 2.15. The molecule has 0 heterocycles. The lowest BCUT2D eigenvalue weighted by molar-refractivity contribution is -0.142. The molecule has 1 aromatic carbocycles. The van der Waals surface area contributed by atoms with E-state index >= 15 is 0 Å². The molecule has 29 heavy (non-hydrogen) atoms. The number of hydrogen-bond acceptors (Lipinski definition) is 7. The fourth-order valence-corrected chi connectivity index (χ4v) is 2.14. The van der Waals surface area contributed by atoms with Crippen molar-refractivity contribution in [1.29, 1.82) is 0 Å². The van der Waals surface area contributed by atoms with Gasteiger partial charge in [-0.3, -0.25) is 30.0 Å². The molecule has 0 radical (unpaired) electrons. The van der Waals surface area contributed by atoms with Gasteiger partial charge in [0.05, 0.1) is 20.1 Å². The molecule has 0 bridgehead atoms. The van der Waals surface area contributed by atoms with Gasteiger partial charge in [-0.2, -0.15) is 0 Å². The summed E-state index contributed by atoms with van der Waals surface area (Å²) in [5, 5.41) is 4.83. The molecule has 10 nitrogen and oxygen atoms in total. The highest BCUT2D eigenvalue weighted by atomic mass is 32.1. The number of anilines is 1. The van der Waals surface area contributed by atoms with Gasteiger partial charge in [0.15, 0.2) is 5.11 Å². The van der Waals surface area contributed by atoms with E-state index in [4.69, 9.17) is 17.0 Å². The zero-order valence-electron chi connectivity index (χ0n) is 16.2. The van der Waals surface area contributed by atoms with E-state index in [-0.39, 0.29) is 36.7 Å². The molecule has 0 saturated carbocycles. The molecule has 0 aliphatic heterocycles. The Balaban J connectivity index is 2.23. The summed E-state index contributed by atoms with van der Waals surface area (Å²) in [6, 6.07) is 6.87. The van der Waals surface area contributed by atoms with Gasteiger partial charge in [0, 0.05) is 24.9 Å². The first-order valence-electron chi connectivity index (χ1n) is 8.82. The van der Waals surface area contributed by atoms with Crippen LogP contribution < -0.4 is 26.2 Å². The second-order valence-corrected chi connectivity index (χ2v) is 6.04. The zero-order chi connectivity index (χ0) is 21.6. The molecule has 1 rings (SSSR count). The van der Waals surface area contributed by atoms with Crippen molar-refractivity contribution in [1.82, 2.24) is 16.2 Å². The van der Waals surface area contributed by atoms with Crippen molar-refractivity contribution < 1.29 is 28.7 Å². The third kappa shape index (κ3) is 10.6. The van der Waals surface area contributed by atoms with Crippen LogP contribution in [0.2, 0.25) is 0 Å². The van der Waals surface area contributed by atoms with Crippen molar-refractivity contribution >= 4 is 46.7 Å². The Morgan fingerprint density at radius 2 is 1.52 bits per heavy atom. The first-order valence-corrected chi connectivity index (χ1v) is 9.23. The molecule has 3 amide bonds. The number of nitrogens with one attached hydrogen (secondary N) is 4. The summed E-state index contributed by atoms with van der Waals surface area (Å²) in [6.45, 7) is 2.43. The van der Waals surface area contributed by atoms with Crippen molar-refractivity contribution in [3.05, 3.63) is 24.3 Å². The van der Waals surface area contributed by atoms with E-state index in [1.54, 1.807) is 24.3 Å². The smallest absolute Gasteiger partial charge is 0.306 e. The zero-order valence-corrected chi connectivity index (χ0v) is 17.0. The summed E-state index contributed by atoms with van der Waals surface area (Å²) in [5.74, 6) is -1.14. The molecule has 11 heteroatoms. The summed E-state index contributed by atoms with van der Waals surface area (Å²) in [7, 11) is 1.22. The Hall–Kier alpha value is -3.21. The Labute approximate surface area is 173 Å². The third-order valence-electron chi connectivity index (χ3n) is 3.38. The average Bonchev–Trinajstić information content (AvgIpc) is 2.70. The van der Waals surface area contributed by atoms with E-state index < -0.39 is 17.8 Å². The summed E-state index contributed by atoms with van der Waals surface area (Å²) < 4.78 is 9.73. The van der Waals surface area contributed by atoms with E-state index in [0.29, 0.717) is 18.0 Å². The number of hydrazine groups is 1. The molecule has 0 atom stereocenters. The third-order valence-corrected chi connectivity index (χ3v) is 3.58. The Morgan fingerprint density at radius 1 is 0.897 bits per heavy atom. The normalized spacial score (nSPS) is 9.72. The van der Waals surface area contributed by atoms with Gasteiger partial charge < -0.3 is 20.1 Å². The number of carbonyl (C=O) groups is 4. The number of benzene rings is 1. The van der Waals surface area contributed by atoms with Gasteiger partial charge in [0.1, 0.15) is 5.75 Å². The number of rotatable bonds is 9. The second kappa shape index (κ2) is 13.0. The van der Waals surface area contributed by atoms with Crippen LogP contribution in [0.1, 0.15) is 32.6 Å². The van der Waals surface area contributed by atoms with Crippen LogP contribution in [0.5, 0.6) is 5.75 Å². The number of amides is 3. The van der Waals surface area contributed by atoms with Gasteiger partial charge in [-0.1, -0.05) is 0 Å². The van der Waals surface area contributed by atoms with E-state index in [1.807, 2.05) is 6.92 Å². The molecule has 0 spiro atoms. The van der Waals surface area contributed by atoms with Crippen LogP contribution in [-0.2, 0) is 23.9 Å². The lowest BCUT2D eigenvalue weighted by atomic mass is 10.2. The first-order chi connectivity index (χ1) is 13.8. The minimum Gasteiger partial charge on any atom is -0.494 e. The molecule has 4 N–H and O–H groups in total. The molecule has 0 aromatic heterocycles. The molecule has 0 aliphatic rings. The number of carbonyl (C=O) groups excluding carboxylic acids is 4. The Kier molecular flexibility index (Phi) is 10.7.